The first-order valence-electron chi connectivity index (χ1n) is 8.00. The number of carbonyl (C=O) groups is 1. The van der Waals surface area contributed by atoms with Crippen LogP contribution >= 0.6 is 0 Å². The SMILES string of the molecule is O=C1CCCN1N=C(Cc1ccc(F)cc1)c1cccc(C(F)(F)F)n1. The Morgan fingerprint density at radius 2 is 1.88 bits per heavy atom. The molecular formula is C18H15F4N3O. The van der Waals surface area contributed by atoms with Crippen LogP contribution in [0.25, 0.3) is 0 Å². The lowest BCUT2D eigenvalue weighted by molar-refractivity contribution is -0.141. The maximum absolute atomic E-state index is 13.1. The molecule has 0 N–H and O–H groups in total. The Labute approximate surface area is 147 Å². The van der Waals surface area contributed by atoms with Gasteiger partial charge in [-0.2, -0.15) is 18.3 Å². The summed E-state index contributed by atoms with van der Waals surface area (Å²) in [5.41, 5.74) is -0.132. The van der Waals surface area contributed by atoms with E-state index in [2.05, 4.69) is 10.1 Å². The Balaban J connectivity index is 1.98. The van der Waals surface area contributed by atoms with Gasteiger partial charge in [-0.05, 0) is 36.2 Å². The minimum absolute atomic E-state index is 0.0313. The molecular weight excluding hydrogens is 350 g/mol. The molecule has 0 spiro atoms. The zero-order chi connectivity index (χ0) is 18.7. The van der Waals surface area contributed by atoms with E-state index in [1.807, 2.05) is 0 Å². The van der Waals surface area contributed by atoms with Crippen LogP contribution < -0.4 is 0 Å². The topological polar surface area (TPSA) is 45.6 Å². The molecule has 1 aromatic carbocycles. The van der Waals surface area contributed by atoms with Crippen LogP contribution in [0.4, 0.5) is 17.6 Å². The number of rotatable bonds is 4. The second kappa shape index (κ2) is 7.23. The van der Waals surface area contributed by atoms with Gasteiger partial charge in [-0.25, -0.2) is 14.4 Å². The van der Waals surface area contributed by atoms with E-state index >= 15 is 0 Å². The predicted octanol–water partition coefficient (Wildman–Crippen LogP) is 3.81. The molecule has 0 radical (unpaired) electrons. The van der Waals surface area contributed by atoms with Gasteiger partial charge in [-0.3, -0.25) is 4.79 Å². The van der Waals surface area contributed by atoms with E-state index in [0.717, 1.165) is 6.07 Å². The van der Waals surface area contributed by atoms with Crippen molar-refractivity contribution in [2.75, 3.05) is 6.54 Å². The van der Waals surface area contributed by atoms with Gasteiger partial charge in [0.1, 0.15) is 11.5 Å². The second-order valence-corrected chi connectivity index (χ2v) is 5.88. The number of hydrogen-bond acceptors (Lipinski definition) is 3. The van der Waals surface area contributed by atoms with Gasteiger partial charge in [0.05, 0.1) is 11.4 Å². The number of alkyl halides is 3. The monoisotopic (exact) mass is 365 g/mol. The number of hydrogen-bond donors (Lipinski definition) is 0. The van der Waals surface area contributed by atoms with Crippen molar-refractivity contribution in [3.63, 3.8) is 0 Å². The Morgan fingerprint density at radius 3 is 2.50 bits per heavy atom. The summed E-state index contributed by atoms with van der Waals surface area (Å²) in [6.45, 7) is 0.407. The van der Waals surface area contributed by atoms with Crippen LogP contribution in [0.1, 0.15) is 29.8 Å². The van der Waals surface area contributed by atoms with Gasteiger partial charge in [0.2, 0.25) is 5.91 Å². The first-order valence-corrected chi connectivity index (χ1v) is 8.00. The van der Waals surface area contributed by atoms with Gasteiger partial charge in [-0.1, -0.05) is 18.2 Å². The van der Waals surface area contributed by atoms with Gasteiger partial charge in [0, 0.05) is 19.4 Å². The lowest BCUT2D eigenvalue weighted by atomic mass is 10.1. The molecule has 0 bridgehead atoms. The Bertz CT molecular complexity index is 831. The summed E-state index contributed by atoms with van der Waals surface area (Å²) in [5.74, 6) is -0.604. The fourth-order valence-corrected chi connectivity index (χ4v) is 2.61. The Kier molecular flexibility index (Phi) is 5.01. The zero-order valence-corrected chi connectivity index (χ0v) is 13.6. The van der Waals surface area contributed by atoms with Crippen molar-refractivity contribution < 1.29 is 22.4 Å². The first-order chi connectivity index (χ1) is 12.3. The molecule has 0 unspecified atom stereocenters. The molecule has 1 aromatic heterocycles. The van der Waals surface area contributed by atoms with Crippen LogP contribution in [-0.2, 0) is 17.4 Å². The number of benzene rings is 1. The van der Waals surface area contributed by atoms with Crippen LogP contribution in [0.5, 0.6) is 0 Å². The van der Waals surface area contributed by atoms with E-state index < -0.39 is 17.7 Å². The molecule has 1 fully saturated rings. The summed E-state index contributed by atoms with van der Waals surface area (Å²) in [6, 6.07) is 9.09. The quantitative estimate of drug-likeness (QED) is 0.611. The van der Waals surface area contributed by atoms with E-state index in [-0.39, 0.29) is 23.7 Å². The molecule has 1 aliphatic rings. The van der Waals surface area contributed by atoms with Gasteiger partial charge >= 0.3 is 6.18 Å². The maximum Gasteiger partial charge on any atom is 0.433 e. The molecule has 26 heavy (non-hydrogen) atoms. The minimum Gasteiger partial charge on any atom is -0.273 e. The molecule has 0 atom stereocenters. The van der Waals surface area contributed by atoms with Crippen molar-refractivity contribution in [1.82, 2.24) is 9.99 Å². The molecule has 1 amide bonds. The molecule has 0 aliphatic carbocycles. The van der Waals surface area contributed by atoms with E-state index in [4.69, 9.17) is 0 Å². The summed E-state index contributed by atoms with van der Waals surface area (Å²) in [4.78, 5) is 15.5. The van der Waals surface area contributed by atoms with E-state index in [0.29, 0.717) is 24.9 Å². The maximum atomic E-state index is 13.1. The fraction of sp³-hybridized carbons (Fsp3) is 0.278. The third-order valence-corrected chi connectivity index (χ3v) is 3.91. The van der Waals surface area contributed by atoms with Crippen LogP contribution in [0.2, 0.25) is 0 Å². The summed E-state index contributed by atoms with van der Waals surface area (Å²) in [7, 11) is 0. The average Bonchev–Trinajstić information content (AvgIpc) is 3.00. The summed E-state index contributed by atoms with van der Waals surface area (Å²) in [6.07, 6.45) is -3.47. The van der Waals surface area contributed by atoms with Crippen LogP contribution in [0.15, 0.2) is 47.6 Å². The standard InChI is InChI=1S/C18H15F4N3O/c19-13-8-6-12(7-9-13)11-15(24-25-10-2-5-17(25)26)14-3-1-4-16(23-14)18(20,21)22/h1,3-4,6-9H,2,5,10-11H2. The summed E-state index contributed by atoms with van der Waals surface area (Å²) >= 11 is 0. The highest BCUT2D eigenvalue weighted by Crippen LogP contribution is 2.27. The highest BCUT2D eigenvalue weighted by molar-refractivity contribution is 6.01. The molecule has 2 heterocycles. The van der Waals surface area contributed by atoms with E-state index in [1.165, 1.54) is 41.4 Å². The van der Waals surface area contributed by atoms with Gasteiger partial charge in [0.25, 0.3) is 0 Å². The highest BCUT2D eigenvalue weighted by atomic mass is 19.4. The average molecular weight is 365 g/mol. The molecule has 136 valence electrons. The van der Waals surface area contributed by atoms with Crippen molar-refractivity contribution in [3.05, 3.63) is 65.2 Å². The van der Waals surface area contributed by atoms with Gasteiger partial charge in [-0.15, -0.1) is 0 Å². The molecule has 8 heteroatoms. The third kappa shape index (κ3) is 4.25. The third-order valence-electron chi connectivity index (χ3n) is 3.91. The van der Waals surface area contributed by atoms with Crippen molar-refractivity contribution >= 4 is 11.6 Å². The van der Waals surface area contributed by atoms with Crippen LogP contribution in [0, 0.1) is 5.82 Å². The number of amides is 1. The summed E-state index contributed by atoms with van der Waals surface area (Å²) in [5, 5.41) is 5.50. The number of aromatic nitrogens is 1. The number of carbonyl (C=O) groups excluding carboxylic acids is 1. The number of halogens is 4. The zero-order valence-electron chi connectivity index (χ0n) is 13.6. The highest BCUT2D eigenvalue weighted by Gasteiger charge is 2.33. The largest absolute Gasteiger partial charge is 0.433 e. The minimum atomic E-state index is -4.58. The molecule has 1 saturated heterocycles. The molecule has 3 rings (SSSR count). The molecule has 2 aromatic rings. The van der Waals surface area contributed by atoms with Crippen LogP contribution in [-0.4, -0.2) is 28.2 Å². The summed E-state index contributed by atoms with van der Waals surface area (Å²) < 4.78 is 52.0. The molecule has 1 aliphatic heterocycles. The lowest BCUT2D eigenvalue weighted by Gasteiger charge is -2.14. The number of hydrazone groups is 1. The van der Waals surface area contributed by atoms with Crippen molar-refractivity contribution in [2.24, 2.45) is 5.10 Å². The Hall–Kier alpha value is -2.77. The van der Waals surface area contributed by atoms with Gasteiger partial charge < -0.3 is 0 Å². The van der Waals surface area contributed by atoms with Crippen molar-refractivity contribution in [3.8, 4) is 0 Å². The molecule has 0 saturated carbocycles. The van der Waals surface area contributed by atoms with Crippen molar-refractivity contribution in [1.29, 1.82) is 0 Å². The number of pyridine rings is 1. The molecule has 4 nitrogen and oxygen atoms in total. The Morgan fingerprint density at radius 1 is 1.15 bits per heavy atom. The normalized spacial score (nSPS) is 15.6. The van der Waals surface area contributed by atoms with E-state index in [9.17, 15) is 22.4 Å². The number of nitrogens with zero attached hydrogens (tertiary/aromatic N) is 3. The lowest BCUT2D eigenvalue weighted by Crippen LogP contribution is -2.23. The van der Waals surface area contributed by atoms with E-state index in [1.54, 1.807) is 0 Å². The smallest absolute Gasteiger partial charge is 0.273 e. The first kappa shape index (κ1) is 18.0. The predicted molar refractivity (Wildman–Crippen MR) is 86.8 cm³/mol. The second-order valence-electron chi connectivity index (χ2n) is 5.88. The van der Waals surface area contributed by atoms with Crippen LogP contribution in [0.3, 0.4) is 0 Å². The fourth-order valence-electron chi connectivity index (χ4n) is 2.61. The van der Waals surface area contributed by atoms with Gasteiger partial charge in [0.15, 0.2) is 0 Å². The van der Waals surface area contributed by atoms with Crippen molar-refractivity contribution in [2.45, 2.75) is 25.4 Å².